The number of nitrogens with zero attached hydrogens (tertiary/aromatic N) is 2. The van der Waals surface area contributed by atoms with Crippen molar-refractivity contribution in [3.05, 3.63) is 100.0 Å². The van der Waals surface area contributed by atoms with E-state index in [0.29, 0.717) is 33.4 Å². The molecule has 0 radical (unpaired) electrons. The van der Waals surface area contributed by atoms with Gasteiger partial charge in [-0.2, -0.15) is 0 Å². The van der Waals surface area contributed by atoms with Crippen molar-refractivity contribution in [3.63, 3.8) is 0 Å². The van der Waals surface area contributed by atoms with Gasteiger partial charge in [0.05, 0.1) is 21.0 Å². The predicted molar refractivity (Wildman–Crippen MR) is 141 cm³/mol. The number of pyridine rings is 2. The monoisotopic (exact) mass is 536 g/mol. The number of carbonyl (C=O) groups excluding carboxylic acids is 1. The Balaban J connectivity index is 1.41. The number of carbonyl (C=O) groups is 1. The summed E-state index contributed by atoms with van der Waals surface area (Å²) >= 11 is 6.07. The minimum atomic E-state index is -3.49. The van der Waals surface area contributed by atoms with Crippen LogP contribution in [0.4, 0.5) is 4.39 Å². The lowest BCUT2D eigenvalue weighted by Crippen LogP contribution is -2.23. The molecule has 0 saturated carbocycles. The summed E-state index contributed by atoms with van der Waals surface area (Å²) in [5.74, 6) is -0.888. The molecule has 0 bridgehead atoms. The second-order valence-electron chi connectivity index (χ2n) is 8.83. The Morgan fingerprint density at radius 2 is 1.95 bits per heavy atom. The lowest BCUT2D eigenvalue weighted by molar-refractivity contribution is 0.0950. The summed E-state index contributed by atoms with van der Waals surface area (Å²) in [7, 11) is -3.49. The largest absolute Gasteiger partial charge is 0.360 e. The van der Waals surface area contributed by atoms with Gasteiger partial charge in [0, 0.05) is 65.0 Å². The van der Waals surface area contributed by atoms with E-state index in [1.165, 1.54) is 18.6 Å². The van der Waals surface area contributed by atoms with Gasteiger partial charge < -0.3 is 10.3 Å². The van der Waals surface area contributed by atoms with Crippen molar-refractivity contribution >= 4 is 49.0 Å². The Kier molecular flexibility index (Phi) is 6.43. The van der Waals surface area contributed by atoms with Gasteiger partial charge in [-0.25, -0.2) is 12.8 Å². The Bertz CT molecular complexity index is 1800. The molecule has 2 aromatic carbocycles. The lowest BCUT2D eigenvalue weighted by Gasteiger charge is -2.12. The minimum absolute atomic E-state index is 0.0262. The van der Waals surface area contributed by atoms with Gasteiger partial charge in [0.15, 0.2) is 9.84 Å². The first kappa shape index (κ1) is 24.9. The Morgan fingerprint density at radius 1 is 1.14 bits per heavy atom. The third kappa shape index (κ3) is 4.92. The summed E-state index contributed by atoms with van der Waals surface area (Å²) in [6.07, 6.45) is 4.41. The number of nitrogens with one attached hydrogen (secondary N) is 2. The van der Waals surface area contributed by atoms with Crippen LogP contribution in [0.15, 0.2) is 65.8 Å². The molecular weight excluding hydrogens is 515 g/mol. The number of aryl methyl sites for hydroxylation is 1. The number of fused-ring (bicyclic) bond motifs is 2. The number of H-pyrrole nitrogens is 1. The van der Waals surface area contributed by atoms with Crippen molar-refractivity contribution in [2.24, 2.45) is 0 Å². The van der Waals surface area contributed by atoms with Crippen molar-refractivity contribution in [1.29, 1.82) is 0 Å². The fourth-order valence-corrected chi connectivity index (χ4v) is 5.60. The first-order chi connectivity index (χ1) is 17.6. The van der Waals surface area contributed by atoms with E-state index in [1.54, 1.807) is 36.4 Å². The molecule has 0 saturated heterocycles. The molecule has 1 amide bonds. The molecule has 5 aromatic rings. The van der Waals surface area contributed by atoms with E-state index in [1.807, 2.05) is 19.1 Å². The predicted octanol–water partition coefficient (Wildman–Crippen LogP) is 5.14. The number of amides is 1. The summed E-state index contributed by atoms with van der Waals surface area (Å²) in [5.41, 5.74) is 3.06. The lowest BCUT2D eigenvalue weighted by atomic mass is 10.0. The van der Waals surface area contributed by atoms with E-state index in [9.17, 15) is 17.6 Å². The maximum atomic E-state index is 14.9. The molecule has 3 aromatic heterocycles. The van der Waals surface area contributed by atoms with Crippen molar-refractivity contribution in [2.75, 3.05) is 6.26 Å². The van der Waals surface area contributed by atoms with E-state index in [2.05, 4.69) is 20.3 Å². The second kappa shape index (κ2) is 9.57. The van der Waals surface area contributed by atoms with Gasteiger partial charge in [-0.3, -0.25) is 14.8 Å². The van der Waals surface area contributed by atoms with Crippen LogP contribution < -0.4 is 5.32 Å². The van der Waals surface area contributed by atoms with Crippen LogP contribution in [-0.2, 0) is 22.8 Å². The quantitative estimate of drug-likeness (QED) is 0.313. The summed E-state index contributed by atoms with van der Waals surface area (Å²) in [6, 6.07) is 13.4. The van der Waals surface area contributed by atoms with Crippen molar-refractivity contribution in [3.8, 4) is 0 Å². The molecule has 5 rings (SSSR count). The number of halogens is 2. The third-order valence-corrected chi connectivity index (χ3v) is 7.54. The van der Waals surface area contributed by atoms with E-state index in [0.717, 1.165) is 11.1 Å². The molecule has 0 unspecified atom stereocenters. The third-order valence-electron chi connectivity index (χ3n) is 6.10. The Morgan fingerprint density at radius 3 is 2.73 bits per heavy atom. The van der Waals surface area contributed by atoms with Gasteiger partial charge in [-0.15, -0.1) is 0 Å². The maximum absolute atomic E-state index is 14.9. The number of hydrogen-bond acceptors (Lipinski definition) is 5. The molecule has 2 N–H and O–H groups in total. The molecule has 0 atom stereocenters. The van der Waals surface area contributed by atoms with E-state index < -0.39 is 21.6 Å². The first-order valence-corrected chi connectivity index (χ1v) is 13.6. The Labute approximate surface area is 217 Å². The molecule has 0 aliphatic rings. The Hall–Kier alpha value is -3.82. The molecular formula is C27H22ClFN4O3S. The molecule has 7 nitrogen and oxygen atoms in total. The van der Waals surface area contributed by atoms with Crippen LogP contribution in [0.25, 0.3) is 21.7 Å². The highest BCUT2D eigenvalue weighted by atomic mass is 35.5. The van der Waals surface area contributed by atoms with Crippen LogP contribution in [0.1, 0.15) is 33.0 Å². The molecule has 0 fully saturated rings. The highest BCUT2D eigenvalue weighted by Crippen LogP contribution is 2.29. The normalized spacial score (nSPS) is 11.8. The highest BCUT2D eigenvalue weighted by Gasteiger charge is 2.18. The average Bonchev–Trinajstić information content (AvgIpc) is 3.23. The van der Waals surface area contributed by atoms with E-state index in [4.69, 9.17) is 11.6 Å². The summed E-state index contributed by atoms with van der Waals surface area (Å²) < 4.78 is 39.8. The van der Waals surface area contributed by atoms with Crippen LogP contribution in [0.5, 0.6) is 0 Å². The van der Waals surface area contributed by atoms with Crippen LogP contribution in [0, 0.1) is 12.7 Å². The maximum Gasteiger partial charge on any atom is 0.251 e. The number of aromatic nitrogens is 3. The van der Waals surface area contributed by atoms with Crippen molar-refractivity contribution < 1.29 is 17.6 Å². The van der Waals surface area contributed by atoms with Crippen LogP contribution in [-0.4, -0.2) is 35.5 Å². The van der Waals surface area contributed by atoms with Gasteiger partial charge >= 0.3 is 0 Å². The van der Waals surface area contributed by atoms with Gasteiger partial charge in [-0.05, 0) is 42.6 Å². The number of rotatable bonds is 6. The molecule has 0 spiro atoms. The minimum Gasteiger partial charge on any atom is -0.360 e. The van der Waals surface area contributed by atoms with E-state index in [-0.39, 0.29) is 28.3 Å². The van der Waals surface area contributed by atoms with Gasteiger partial charge in [0.25, 0.3) is 5.91 Å². The molecule has 0 aliphatic carbocycles. The standard InChI is InChI=1S/C27H22ClFN4O3S/c1-15-10-16-4-3-5-23(37(2,35)36)24(16)22(33-15)12-19-11-17(8-9-30-19)27(34)32-13-18-6-7-21-25(26(18)29)20(28)14-31-21/h3-11,14,31H,12-13H2,1-2H3,(H,32,34). The number of hydrogen-bond donors (Lipinski definition) is 2. The second-order valence-corrected chi connectivity index (χ2v) is 11.2. The van der Waals surface area contributed by atoms with Crippen molar-refractivity contribution in [1.82, 2.24) is 20.3 Å². The number of benzene rings is 2. The van der Waals surface area contributed by atoms with Crippen molar-refractivity contribution in [2.45, 2.75) is 24.8 Å². The fourth-order valence-electron chi connectivity index (χ4n) is 4.43. The molecule has 10 heteroatoms. The zero-order valence-electron chi connectivity index (χ0n) is 20.0. The van der Waals surface area contributed by atoms with Gasteiger partial charge in [0.2, 0.25) is 0 Å². The number of aromatic amines is 1. The SMILES string of the molecule is Cc1cc2cccc(S(C)(=O)=O)c2c(Cc2cc(C(=O)NCc3ccc4[nH]cc(Cl)c4c3F)ccn2)n1. The summed E-state index contributed by atoms with van der Waals surface area (Å²) in [6.45, 7) is 1.81. The smallest absolute Gasteiger partial charge is 0.251 e. The summed E-state index contributed by atoms with van der Waals surface area (Å²) in [4.78, 5) is 24.9. The van der Waals surface area contributed by atoms with Crippen LogP contribution in [0.2, 0.25) is 5.02 Å². The first-order valence-electron chi connectivity index (χ1n) is 11.4. The average molecular weight is 537 g/mol. The van der Waals surface area contributed by atoms with Gasteiger partial charge in [-0.1, -0.05) is 29.8 Å². The van der Waals surface area contributed by atoms with Crippen LogP contribution in [0.3, 0.4) is 0 Å². The number of sulfone groups is 1. The van der Waals surface area contributed by atoms with E-state index >= 15 is 0 Å². The van der Waals surface area contributed by atoms with Gasteiger partial charge in [0.1, 0.15) is 5.82 Å². The molecule has 0 aliphatic heterocycles. The molecule has 188 valence electrons. The fraction of sp³-hybridized carbons (Fsp3) is 0.148. The summed E-state index contributed by atoms with van der Waals surface area (Å²) in [5, 5.41) is 4.60. The highest BCUT2D eigenvalue weighted by molar-refractivity contribution is 7.91. The molecule has 37 heavy (non-hydrogen) atoms. The molecule has 3 heterocycles. The zero-order chi connectivity index (χ0) is 26.3. The topological polar surface area (TPSA) is 105 Å². The van der Waals surface area contributed by atoms with Crippen LogP contribution >= 0.6 is 11.6 Å². The zero-order valence-corrected chi connectivity index (χ0v) is 21.5.